The molecule has 0 aromatic rings. The first-order valence-electron chi connectivity index (χ1n) is 5.30. The average molecular weight is 230 g/mol. The Morgan fingerprint density at radius 2 is 1.53 bits per heavy atom. The van der Waals surface area contributed by atoms with E-state index in [2.05, 4.69) is 11.7 Å². The second-order valence-electron chi connectivity index (χ2n) is 3.48. The summed E-state index contributed by atoms with van der Waals surface area (Å²) in [6, 6.07) is 0. The van der Waals surface area contributed by atoms with Crippen LogP contribution < -0.4 is 0 Å². The molecule has 0 aliphatic heterocycles. The van der Waals surface area contributed by atoms with Gasteiger partial charge in [-0.15, -0.1) is 0 Å². The molecule has 0 aliphatic carbocycles. The highest BCUT2D eigenvalue weighted by molar-refractivity contribution is 4.55. The van der Waals surface area contributed by atoms with Crippen LogP contribution in [0.1, 0.15) is 45.4 Å². The van der Waals surface area contributed by atoms with E-state index in [9.17, 15) is 17.6 Å². The van der Waals surface area contributed by atoms with Gasteiger partial charge in [-0.05, 0) is 6.42 Å². The molecule has 0 saturated heterocycles. The fourth-order valence-electron chi connectivity index (χ4n) is 1.15. The molecule has 0 radical (unpaired) electrons. The normalized spacial score (nSPS) is 12.4. The van der Waals surface area contributed by atoms with Gasteiger partial charge in [0.15, 0.2) is 0 Å². The topological polar surface area (TPSA) is 9.23 Å². The monoisotopic (exact) mass is 230 g/mol. The van der Waals surface area contributed by atoms with Crippen LogP contribution in [0.3, 0.4) is 0 Å². The second-order valence-corrected chi connectivity index (χ2v) is 3.48. The molecule has 15 heavy (non-hydrogen) atoms. The lowest BCUT2D eigenvalue weighted by Crippen LogP contribution is -2.30. The van der Waals surface area contributed by atoms with Crippen LogP contribution in [-0.2, 0) is 4.74 Å². The zero-order valence-electron chi connectivity index (χ0n) is 8.95. The minimum atomic E-state index is -4.29. The van der Waals surface area contributed by atoms with Gasteiger partial charge in [-0.3, -0.25) is 0 Å². The molecule has 0 aromatic carbocycles. The van der Waals surface area contributed by atoms with E-state index >= 15 is 0 Å². The Hall–Kier alpha value is -0.320. The predicted octanol–water partition coefficient (Wildman–Crippen LogP) is 4.22. The minimum absolute atomic E-state index is 0.302. The fourth-order valence-corrected chi connectivity index (χ4v) is 1.15. The van der Waals surface area contributed by atoms with E-state index in [-0.39, 0.29) is 6.61 Å². The van der Waals surface area contributed by atoms with Crippen molar-refractivity contribution in [3.05, 3.63) is 0 Å². The van der Waals surface area contributed by atoms with Gasteiger partial charge in [0.2, 0.25) is 0 Å². The maximum Gasteiger partial charge on any atom is 0.416 e. The summed E-state index contributed by atoms with van der Waals surface area (Å²) in [4.78, 5) is 0. The van der Waals surface area contributed by atoms with Crippen molar-refractivity contribution in [3.8, 4) is 0 Å². The maximum absolute atomic E-state index is 12.2. The summed E-state index contributed by atoms with van der Waals surface area (Å²) in [7, 11) is 0. The van der Waals surface area contributed by atoms with Crippen molar-refractivity contribution in [2.24, 2.45) is 0 Å². The van der Waals surface area contributed by atoms with Gasteiger partial charge in [-0.25, -0.2) is 8.78 Å². The van der Waals surface area contributed by atoms with Gasteiger partial charge in [0.1, 0.15) is 0 Å². The molecule has 5 heteroatoms. The Morgan fingerprint density at radius 3 is 2.07 bits per heavy atom. The minimum Gasteiger partial charge on any atom is -0.316 e. The first kappa shape index (κ1) is 14.7. The molecule has 1 nitrogen and oxygen atoms in total. The van der Waals surface area contributed by atoms with Crippen LogP contribution in [0.2, 0.25) is 0 Å². The third kappa shape index (κ3) is 7.59. The zero-order valence-corrected chi connectivity index (χ0v) is 8.95. The summed E-state index contributed by atoms with van der Waals surface area (Å²) < 4.78 is 51.4. The molecule has 0 saturated carbocycles. The molecule has 92 valence electrons. The number of halogens is 4. The summed E-state index contributed by atoms with van der Waals surface area (Å²) >= 11 is 0. The highest BCUT2D eigenvalue weighted by atomic mass is 19.3. The second kappa shape index (κ2) is 7.91. The molecular weight excluding hydrogens is 212 g/mol. The highest BCUT2D eigenvalue weighted by Crippen LogP contribution is 2.24. The van der Waals surface area contributed by atoms with E-state index in [1.54, 1.807) is 0 Å². The Balaban J connectivity index is 3.31. The third-order valence-corrected chi connectivity index (χ3v) is 2.05. The summed E-state index contributed by atoms with van der Waals surface area (Å²) in [5.74, 6) is 0. The summed E-state index contributed by atoms with van der Waals surface area (Å²) in [6.45, 7) is 1.77. The Morgan fingerprint density at radius 1 is 1.00 bits per heavy atom. The van der Waals surface area contributed by atoms with Crippen LogP contribution in [0.5, 0.6) is 0 Å². The average Bonchev–Trinajstić information content (AvgIpc) is 2.16. The molecular formula is C10H18F4O. The molecule has 0 aliphatic rings. The lowest BCUT2D eigenvalue weighted by Gasteiger charge is -2.15. The van der Waals surface area contributed by atoms with E-state index in [1.807, 2.05) is 0 Å². The molecule has 0 amide bonds. The zero-order chi connectivity index (χ0) is 11.7. The largest absolute Gasteiger partial charge is 0.416 e. The number of hydrogen-bond donors (Lipinski definition) is 0. The molecule has 0 N–H and O–H groups in total. The summed E-state index contributed by atoms with van der Waals surface area (Å²) in [5, 5.41) is 0. The molecule has 0 aromatic heterocycles. The number of alkyl halides is 4. The molecule has 0 unspecified atom stereocenters. The smallest absolute Gasteiger partial charge is 0.316 e. The third-order valence-electron chi connectivity index (χ3n) is 2.05. The van der Waals surface area contributed by atoms with E-state index in [0.29, 0.717) is 6.42 Å². The fraction of sp³-hybridized carbons (Fsp3) is 1.00. The number of rotatable bonds is 9. The van der Waals surface area contributed by atoms with Crippen molar-refractivity contribution in [3.63, 3.8) is 0 Å². The van der Waals surface area contributed by atoms with Gasteiger partial charge in [0.05, 0.1) is 6.61 Å². The van der Waals surface area contributed by atoms with Gasteiger partial charge in [0, 0.05) is 0 Å². The molecule has 0 heterocycles. The van der Waals surface area contributed by atoms with E-state index in [4.69, 9.17) is 0 Å². The summed E-state index contributed by atoms with van der Waals surface area (Å²) in [5.41, 5.74) is 0. The van der Waals surface area contributed by atoms with Crippen molar-refractivity contribution < 1.29 is 22.3 Å². The van der Waals surface area contributed by atoms with Crippen LogP contribution in [0.4, 0.5) is 17.6 Å². The van der Waals surface area contributed by atoms with Crippen molar-refractivity contribution >= 4 is 0 Å². The van der Waals surface area contributed by atoms with Crippen LogP contribution in [0.25, 0.3) is 0 Å². The Bertz CT molecular complexity index is 150. The van der Waals surface area contributed by atoms with Crippen LogP contribution in [0, 0.1) is 0 Å². The Kier molecular flexibility index (Phi) is 7.74. The van der Waals surface area contributed by atoms with Crippen molar-refractivity contribution in [1.82, 2.24) is 0 Å². The molecule has 0 bridgehead atoms. The van der Waals surface area contributed by atoms with Crippen molar-refractivity contribution in [2.45, 2.75) is 58.0 Å². The van der Waals surface area contributed by atoms with Gasteiger partial charge in [0.25, 0.3) is 0 Å². The lowest BCUT2D eigenvalue weighted by atomic mass is 10.1. The molecule has 0 fully saturated rings. The molecule has 0 atom stereocenters. The van der Waals surface area contributed by atoms with Gasteiger partial charge < -0.3 is 4.74 Å². The summed E-state index contributed by atoms with van der Waals surface area (Å²) in [6.07, 6.45) is -2.64. The van der Waals surface area contributed by atoms with Gasteiger partial charge >= 0.3 is 12.5 Å². The lowest BCUT2D eigenvalue weighted by molar-refractivity contribution is -0.300. The van der Waals surface area contributed by atoms with Gasteiger partial charge in [-0.2, -0.15) is 8.78 Å². The maximum atomic E-state index is 12.2. The number of hydrogen-bond acceptors (Lipinski definition) is 1. The first-order valence-corrected chi connectivity index (χ1v) is 5.30. The molecule has 0 rings (SSSR count). The Labute approximate surface area is 87.8 Å². The first-order chi connectivity index (χ1) is 7.00. The van der Waals surface area contributed by atoms with Crippen LogP contribution >= 0.6 is 0 Å². The van der Waals surface area contributed by atoms with Crippen molar-refractivity contribution in [2.75, 3.05) is 6.61 Å². The molecule has 0 spiro atoms. The van der Waals surface area contributed by atoms with E-state index < -0.39 is 12.5 Å². The number of ether oxygens (including phenoxy) is 1. The predicted molar refractivity (Wildman–Crippen MR) is 50.3 cm³/mol. The standard InChI is InChI=1S/C10H18F4O/c1-2-3-4-5-6-7-8-15-10(13,14)9(11)12/h9H,2-8H2,1H3. The van der Waals surface area contributed by atoms with Crippen molar-refractivity contribution in [1.29, 1.82) is 0 Å². The van der Waals surface area contributed by atoms with Crippen LogP contribution in [0.15, 0.2) is 0 Å². The van der Waals surface area contributed by atoms with E-state index in [0.717, 1.165) is 32.1 Å². The SMILES string of the molecule is CCCCCCCCOC(F)(F)C(F)F. The quantitative estimate of drug-likeness (QED) is 0.425. The van der Waals surface area contributed by atoms with Crippen LogP contribution in [-0.4, -0.2) is 19.1 Å². The van der Waals surface area contributed by atoms with Gasteiger partial charge in [-0.1, -0.05) is 39.0 Å². The number of unbranched alkanes of at least 4 members (excludes halogenated alkanes) is 5. The van der Waals surface area contributed by atoms with E-state index in [1.165, 1.54) is 0 Å². The highest BCUT2D eigenvalue weighted by Gasteiger charge is 2.41.